The molecule has 0 aliphatic heterocycles. The van der Waals surface area contributed by atoms with Crippen LogP contribution in [0.25, 0.3) is 0 Å². The molecule has 5 heteroatoms. The van der Waals surface area contributed by atoms with Crippen LogP contribution in [0.2, 0.25) is 5.02 Å². The number of likely N-dealkylation sites (N-methyl/N-ethyl adjacent to an activating group) is 1. The van der Waals surface area contributed by atoms with Gasteiger partial charge in [-0.1, -0.05) is 23.7 Å². The van der Waals surface area contributed by atoms with E-state index in [2.05, 4.69) is 5.32 Å². The molecule has 1 aromatic carbocycles. The summed E-state index contributed by atoms with van der Waals surface area (Å²) in [6.07, 6.45) is 1.60. The molecule has 2 aromatic rings. The first-order valence-corrected chi connectivity index (χ1v) is 6.86. The van der Waals surface area contributed by atoms with Crippen LogP contribution >= 0.6 is 11.6 Å². The van der Waals surface area contributed by atoms with Crippen molar-refractivity contribution >= 4 is 17.5 Å². The topological polar surface area (TPSA) is 46.7 Å². The molecule has 1 unspecified atom stereocenters. The van der Waals surface area contributed by atoms with Crippen molar-refractivity contribution < 1.29 is 14.1 Å². The highest BCUT2D eigenvalue weighted by molar-refractivity contribution is 6.30. The lowest BCUT2D eigenvalue weighted by molar-refractivity contribution is -0.885. The van der Waals surface area contributed by atoms with Crippen LogP contribution in [0.3, 0.4) is 0 Å². The Balaban J connectivity index is 1.74. The number of furan rings is 1. The molecule has 20 heavy (non-hydrogen) atoms. The van der Waals surface area contributed by atoms with Crippen LogP contribution in [0.15, 0.2) is 47.1 Å². The van der Waals surface area contributed by atoms with Crippen LogP contribution in [0.4, 0.5) is 0 Å². The number of hydrogen-bond donors (Lipinski definition) is 2. The largest absolute Gasteiger partial charge is 0.467 e. The van der Waals surface area contributed by atoms with Crippen molar-refractivity contribution in [3.05, 3.63) is 59.0 Å². The minimum Gasteiger partial charge on any atom is -0.467 e. The molecule has 0 aliphatic carbocycles. The van der Waals surface area contributed by atoms with Crippen molar-refractivity contribution in [2.75, 3.05) is 13.6 Å². The molecule has 0 radical (unpaired) electrons. The number of benzene rings is 1. The quantitative estimate of drug-likeness (QED) is 0.842. The molecule has 0 saturated carbocycles. The standard InChI is InChI=1S/C15H17ClN2O2/c1-18(10-12-4-6-13(16)7-5-12)11-15(19)17-9-14-3-2-8-20-14/h2-8H,9-11H2,1H3,(H,17,19)/p+1. The molecule has 2 N–H and O–H groups in total. The van der Waals surface area contributed by atoms with Crippen molar-refractivity contribution in [2.45, 2.75) is 13.1 Å². The van der Waals surface area contributed by atoms with Gasteiger partial charge in [0.15, 0.2) is 6.54 Å². The lowest BCUT2D eigenvalue weighted by Gasteiger charge is -2.13. The van der Waals surface area contributed by atoms with E-state index in [0.29, 0.717) is 13.1 Å². The van der Waals surface area contributed by atoms with E-state index in [0.717, 1.165) is 27.8 Å². The molecule has 1 heterocycles. The Morgan fingerprint density at radius 3 is 2.70 bits per heavy atom. The molecule has 0 aliphatic rings. The second-order valence-electron chi connectivity index (χ2n) is 4.79. The van der Waals surface area contributed by atoms with Crippen molar-refractivity contribution in [3.8, 4) is 0 Å². The summed E-state index contributed by atoms with van der Waals surface area (Å²) in [6, 6.07) is 11.3. The summed E-state index contributed by atoms with van der Waals surface area (Å²) >= 11 is 5.84. The molecular formula is C15H18ClN2O2+. The van der Waals surface area contributed by atoms with Crippen LogP contribution in [-0.4, -0.2) is 19.5 Å². The number of amides is 1. The van der Waals surface area contributed by atoms with E-state index in [1.807, 2.05) is 37.4 Å². The second kappa shape index (κ2) is 7.12. The van der Waals surface area contributed by atoms with Gasteiger partial charge in [0, 0.05) is 10.6 Å². The molecule has 0 bridgehead atoms. The summed E-state index contributed by atoms with van der Waals surface area (Å²) in [6.45, 7) is 1.63. The first kappa shape index (κ1) is 14.6. The third-order valence-electron chi connectivity index (χ3n) is 2.92. The third kappa shape index (κ3) is 4.72. The zero-order valence-electron chi connectivity index (χ0n) is 11.4. The molecule has 4 nitrogen and oxygen atoms in total. The molecule has 1 aromatic heterocycles. The van der Waals surface area contributed by atoms with E-state index in [4.69, 9.17) is 16.0 Å². The zero-order chi connectivity index (χ0) is 14.4. The Bertz CT molecular complexity index is 538. The molecule has 106 valence electrons. The first-order valence-electron chi connectivity index (χ1n) is 6.48. The van der Waals surface area contributed by atoms with Crippen molar-refractivity contribution in [1.82, 2.24) is 5.32 Å². The predicted octanol–water partition coefficient (Wildman–Crippen LogP) is 1.26. The van der Waals surface area contributed by atoms with Gasteiger partial charge >= 0.3 is 0 Å². The highest BCUT2D eigenvalue weighted by atomic mass is 35.5. The van der Waals surface area contributed by atoms with E-state index in [-0.39, 0.29) is 5.91 Å². The molecule has 1 atom stereocenters. The van der Waals surface area contributed by atoms with E-state index >= 15 is 0 Å². The van der Waals surface area contributed by atoms with E-state index in [1.54, 1.807) is 12.3 Å². The summed E-state index contributed by atoms with van der Waals surface area (Å²) < 4.78 is 5.16. The Labute approximate surface area is 123 Å². The van der Waals surface area contributed by atoms with Crippen molar-refractivity contribution in [3.63, 3.8) is 0 Å². The highest BCUT2D eigenvalue weighted by Crippen LogP contribution is 2.08. The Hall–Kier alpha value is -1.78. The fraction of sp³-hybridized carbons (Fsp3) is 0.267. The predicted molar refractivity (Wildman–Crippen MR) is 77.5 cm³/mol. The van der Waals surface area contributed by atoms with Crippen molar-refractivity contribution in [1.29, 1.82) is 0 Å². The maximum atomic E-state index is 11.8. The summed E-state index contributed by atoms with van der Waals surface area (Å²) in [5, 5.41) is 3.56. The van der Waals surface area contributed by atoms with Gasteiger partial charge in [0.05, 0.1) is 19.9 Å². The Kier molecular flexibility index (Phi) is 5.21. The molecule has 0 fully saturated rings. The Morgan fingerprint density at radius 1 is 1.30 bits per heavy atom. The van der Waals surface area contributed by atoms with Gasteiger partial charge < -0.3 is 14.6 Å². The second-order valence-corrected chi connectivity index (χ2v) is 5.23. The third-order valence-corrected chi connectivity index (χ3v) is 3.17. The number of carbonyl (C=O) groups is 1. The maximum absolute atomic E-state index is 11.8. The molecular weight excluding hydrogens is 276 g/mol. The number of hydrogen-bond acceptors (Lipinski definition) is 2. The fourth-order valence-corrected chi connectivity index (χ4v) is 2.07. The van der Waals surface area contributed by atoms with Gasteiger partial charge in [-0.05, 0) is 24.3 Å². The number of rotatable bonds is 6. The molecule has 1 amide bonds. The average Bonchev–Trinajstić information content (AvgIpc) is 2.92. The minimum absolute atomic E-state index is 0.00728. The van der Waals surface area contributed by atoms with Gasteiger partial charge in [-0.3, -0.25) is 4.79 Å². The van der Waals surface area contributed by atoms with Crippen LogP contribution in [0.1, 0.15) is 11.3 Å². The van der Waals surface area contributed by atoms with E-state index in [1.165, 1.54) is 0 Å². The van der Waals surface area contributed by atoms with Gasteiger partial charge in [-0.15, -0.1) is 0 Å². The number of nitrogens with one attached hydrogen (secondary N) is 2. The maximum Gasteiger partial charge on any atom is 0.275 e. The number of carbonyl (C=O) groups excluding carboxylic acids is 1. The Morgan fingerprint density at radius 2 is 2.05 bits per heavy atom. The van der Waals surface area contributed by atoms with Crippen LogP contribution in [-0.2, 0) is 17.9 Å². The summed E-state index contributed by atoms with van der Waals surface area (Å²) in [5.74, 6) is 0.765. The van der Waals surface area contributed by atoms with Crippen molar-refractivity contribution in [2.24, 2.45) is 0 Å². The summed E-state index contributed by atoms with van der Waals surface area (Å²) in [7, 11) is 1.99. The molecule has 0 saturated heterocycles. The zero-order valence-corrected chi connectivity index (χ0v) is 12.1. The summed E-state index contributed by atoms with van der Waals surface area (Å²) in [5.41, 5.74) is 1.16. The lowest BCUT2D eigenvalue weighted by atomic mass is 10.2. The fourth-order valence-electron chi connectivity index (χ4n) is 1.95. The van der Waals surface area contributed by atoms with Gasteiger partial charge in [-0.2, -0.15) is 0 Å². The van der Waals surface area contributed by atoms with Crippen LogP contribution in [0, 0.1) is 0 Å². The normalized spacial score (nSPS) is 12.1. The van der Waals surface area contributed by atoms with Gasteiger partial charge in [0.25, 0.3) is 5.91 Å². The smallest absolute Gasteiger partial charge is 0.275 e. The van der Waals surface area contributed by atoms with Gasteiger partial charge in [0.1, 0.15) is 12.3 Å². The number of halogens is 1. The monoisotopic (exact) mass is 293 g/mol. The molecule has 0 spiro atoms. The van der Waals surface area contributed by atoms with Gasteiger partial charge in [-0.25, -0.2) is 0 Å². The SMILES string of the molecule is C[NH+](CC(=O)NCc1ccco1)Cc1ccc(Cl)cc1. The number of quaternary nitrogens is 1. The minimum atomic E-state index is 0.00728. The van der Waals surface area contributed by atoms with Crippen LogP contribution < -0.4 is 10.2 Å². The first-order chi connectivity index (χ1) is 9.63. The van der Waals surface area contributed by atoms with Gasteiger partial charge in [0.2, 0.25) is 0 Å². The molecule has 2 rings (SSSR count). The average molecular weight is 294 g/mol. The van der Waals surface area contributed by atoms with Crippen LogP contribution in [0.5, 0.6) is 0 Å². The summed E-state index contributed by atoms with van der Waals surface area (Å²) in [4.78, 5) is 12.9. The van der Waals surface area contributed by atoms with E-state index < -0.39 is 0 Å². The van der Waals surface area contributed by atoms with E-state index in [9.17, 15) is 4.79 Å². The highest BCUT2D eigenvalue weighted by Gasteiger charge is 2.10. The lowest BCUT2D eigenvalue weighted by Crippen LogP contribution is -3.08.